The van der Waals surface area contributed by atoms with E-state index in [1.165, 1.54) is 46.2 Å². The van der Waals surface area contributed by atoms with Crippen molar-refractivity contribution in [3.63, 3.8) is 0 Å². The van der Waals surface area contributed by atoms with E-state index in [4.69, 9.17) is 0 Å². The van der Waals surface area contributed by atoms with E-state index in [0.717, 1.165) is 146 Å². The zero-order valence-corrected chi connectivity index (χ0v) is 91.6. The molecule has 1 aliphatic carbocycles. The van der Waals surface area contributed by atoms with Gasteiger partial charge in [-0.2, -0.15) is 0 Å². The van der Waals surface area contributed by atoms with Gasteiger partial charge in [-0.1, -0.05) is 263 Å². The number of aromatic nitrogens is 6. The van der Waals surface area contributed by atoms with Crippen LogP contribution in [0.5, 0.6) is 0 Å². The van der Waals surface area contributed by atoms with E-state index in [1.54, 1.807) is 53.4 Å². The third kappa shape index (κ3) is 53.8. The van der Waals surface area contributed by atoms with Crippen molar-refractivity contribution in [2.24, 2.45) is 43.8 Å². The fourth-order valence-corrected chi connectivity index (χ4v) is 15.1. The van der Waals surface area contributed by atoms with Gasteiger partial charge in [0.1, 0.15) is 5.01 Å². The third-order valence-corrected chi connectivity index (χ3v) is 22.9. The minimum atomic E-state index is 0.0359. The lowest BCUT2D eigenvalue weighted by Gasteiger charge is -2.20. The number of nitrogens with one attached hydrogen (secondary N) is 5. The molecule has 0 saturated heterocycles. The van der Waals surface area contributed by atoms with Crippen molar-refractivity contribution < 1.29 is 38.4 Å². The number of hydrogen-bond acceptors (Lipinski definition) is 15. The molecule has 0 atom stereocenters. The number of anilines is 1. The first-order chi connectivity index (χ1) is 66.8. The molecular weight excluding hydrogens is 1790 g/mol. The van der Waals surface area contributed by atoms with Crippen molar-refractivity contribution in [3.05, 3.63) is 302 Å². The summed E-state index contributed by atoms with van der Waals surface area (Å²) in [5.41, 5.74) is 16.7. The lowest BCUT2D eigenvalue weighted by molar-refractivity contribution is -0.123. The Bertz CT molecular complexity index is 5380. The molecule has 5 aromatic carbocycles. The second-order valence-corrected chi connectivity index (χ2v) is 46.1. The molecule has 0 spiro atoms. The molecule has 10 aromatic rings. The molecule has 1 saturated carbocycles. The quantitative estimate of drug-likeness (QED) is 0.0305. The Kier molecular flexibility index (Phi) is 51.3. The monoisotopic (exact) mass is 1960 g/mol. The average Bonchev–Trinajstić information content (AvgIpc) is 1.64. The molecule has 2 aliphatic heterocycles. The standard InChI is InChI=1S/C20H26N2O.2C20H23NO.C13H21N3O.C13H20N2O.C12H18N2O.C11H18N2OS.C8H15NO.C2H6/c1-20(2,3)15-16-8-7-9-17(14-16)19(23)22(4)13-11-18-10-5-6-12-21-18;1-20(2,3)14-15-7-6-9-17(13-15)19(22)21-12-11-16-8-4-5-10-18(16)21;1-20(2,3)12-15-7-6-10-16(11-15)19(22)21-13-17-8-4-5-9-18(17)14-21;1-10-7-15-11(8-14-10)9-16-12(17)5-6-13(2,3)4;1-13(2,3)8-7-12(16)15-10-11-6-4-5-9-14-11;1-12(2,3)8-11(15)14-9-10-6-4-5-7-13-10;1-11(2,3)5-4-9(14)13-8-10-12-6-7-15-10;1-2-3-8(10)9-6-7-4-5-7;1-2/h5-10,12,14H,11,13,15H2,1-4H3;4-10,13H,11-12,14H2,1-3H3;4-11H,12-14H2,1-3H3;7-8H,5-6,9H2,1-4H3,(H,16,17);4-6,9H,7-8,10H2,1-3H3,(H,15,16);4-7H,8-9H2,1-3H3,(H,14,15);6-7H,4-5,8H2,1-3H3,(H,13,14);7H,2-6H2,1H3,(H,9,10);1-2H3. The van der Waals surface area contributed by atoms with Gasteiger partial charge in [-0.15, -0.1) is 11.3 Å². The average molecular weight is 1960 g/mol. The number of carbonyl (C=O) groups excluding carboxylic acids is 8. The number of fused-ring (bicyclic) bond motifs is 2. The largest absolute Gasteiger partial charge is 0.356 e. The molecule has 3 aliphatic rings. The SMILES string of the molecule is CC.CC(C)(C)CC(=O)NCc1ccccn1.CC(C)(C)CCC(=O)NCc1ccccn1.CC(C)(C)CCC(=O)NCc1nccs1.CC(C)(C)Cc1cccc(C(=O)N2CCc3ccccc32)c1.CC(C)(C)Cc1cccc(C(=O)N2Cc3ccccc3C2)c1.CCCC(=O)NCC1CC1.CN(CCc1ccccn1)C(=O)c1cccc(CC(C)(C)C)c1.Cc1cnc(CNC(=O)CCC(C)(C)C)cn1. The molecule has 5 aromatic heterocycles. The van der Waals surface area contributed by atoms with Crippen molar-refractivity contribution in [2.75, 3.05) is 31.6 Å². The molecule has 23 heteroatoms. The predicted molar refractivity (Wildman–Crippen MR) is 582 cm³/mol. The highest BCUT2D eigenvalue weighted by Gasteiger charge is 2.29. The zero-order chi connectivity index (χ0) is 105. The third-order valence-electron chi connectivity index (χ3n) is 22.1. The number of pyridine rings is 3. The summed E-state index contributed by atoms with van der Waals surface area (Å²) in [5.74, 6) is 1.69. The van der Waals surface area contributed by atoms with Crippen molar-refractivity contribution in [2.45, 2.75) is 315 Å². The van der Waals surface area contributed by atoms with Gasteiger partial charge in [0.05, 0.1) is 55.2 Å². The topological polar surface area (TPSA) is 284 Å². The lowest BCUT2D eigenvalue weighted by atomic mass is 9.87. The summed E-state index contributed by atoms with van der Waals surface area (Å²) in [6.45, 7) is 59.1. The molecule has 22 nitrogen and oxygen atoms in total. The fourth-order valence-electron chi connectivity index (χ4n) is 14.6. The summed E-state index contributed by atoms with van der Waals surface area (Å²) in [4.78, 5) is 126. The summed E-state index contributed by atoms with van der Waals surface area (Å²) in [5, 5.41) is 17.2. The van der Waals surface area contributed by atoms with Crippen LogP contribution in [0.2, 0.25) is 0 Å². The number of nitrogens with zero attached hydrogens (tertiary/aromatic N) is 9. The van der Waals surface area contributed by atoms with Crippen molar-refractivity contribution >= 4 is 64.3 Å². The molecule has 0 bridgehead atoms. The second-order valence-electron chi connectivity index (χ2n) is 45.1. The summed E-state index contributed by atoms with van der Waals surface area (Å²) < 4.78 is 0. The smallest absolute Gasteiger partial charge is 0.258 e. The minimum Gasteiger partial charge on any atom is -0.356 e. The van der Waals surface area contributed by atoms with Gasteiger partial charge in [-0.25, -0.2) is 4.98 Å². The van der Waals surface area contributed by atoms with E-state index in [2.05, 4.69) is 230 Å². The van der Waals surface area contributed by atoms with Crippen LogP contribution in [0, 0.1) is 50.7 Å². The number of carbonyl (C=O) groups is 8. The summed E-state index contributed by atoms with van der Waals surface area (Å²) in [7, 11) is 1.85. The highest BCUT2D eigenvalue weighted by Crippen LogP contribution is 2.33. The number of likely N-dealkylation sites (N-methyl/N-ethyl adjacent to an activating group) is 1. The Labute approximate surface area is 856 Å². The molecule has 8 amide bonds. The molecule has 0 radical (unpaired) electrons. The van der Waals surface area contributed by atoms with Crippen LogP contribution in [0.1, 0.15) is 335 Å². The van der Waals surface area contributed by atoms with Crippen LogP contribution in [-0.2, 0) is 95.3 Å². The van der Waals surface area contributed by atoms with E-state index < -0.39 is 0 Å². The normalized spacial score (nSPS) is 12.4. The zero-order valence-electron chi connectivity index (χ0n) is 90.7. The van der Waals surface area contributed by atoms with Crippen LogP contribution >= 0.6 is 11.3 Å². The summed E-state index contributed by atoms with van der Waals surface area (Å²) in [6.07, 6.45) is 24.3. The van der Waals surface area contributed by atoms with Crippen LogP contribution in [0.15, 0.2) is 218 Å². The van der Waals surface area contributed by atoms with E-state index >= 15 is 0 Å². The van der Waals surface area contributed by atoms with Gasteiger partial charge in [-0.3, -0.25) is 63.3 Å². The number of rotatable bonds is 28. The molecule has 13 rings (SSSR count). The Balaban J connectivity index is 0.000000288. The number of aryl methyl sites for hydroxylation is 1. The Morgan fingerprint density at radius 1 is 0.401 bits per heavy atom. The first-order valence-corrected chi connectivity index (χ1v) is 51.7. The van der Waals surface area contributed by atoms with E-state index in [1.807, 2.05) is 198 Å². The van der Waals surface area contributed by atoms with Crippen molar-refractivity contribution in [3.8, 4) is 0 Å². The fraction of sp³-hybridized carbons (Fsp3) is 0.496. The number of hydrogen-bond donors (Lipinski definition) is 5. The van der Waals surface area contributed by atoms with Crippen LogP contribution < -0.4 is 31.5 Å². The second kappa shape index (κ2) is 60.5. The summed E-state index contributed by atoms with van der Waals surface area (Å²) in [6, 6.07) is 57.9. The van der Waals surface area contributed by atoms with Crippen LogP contribution in [-0.4, -0.2) is 114 Å². The highest BCUT2D eigenvalue weighted by molar-refractivity contribution is 7.09. The molecular formula is C119H170N14O8S. The molecule has 142 heavy (non-hydrogen) atoms. The van der Waals surface area contributed by atoms with Crippen LogP contribution in [0.4, 0.5) is 5.69 Å². The predicted octanol–water partition coefficient (Wildman–Crippen LogP) is 24.7. The van der Waals surface area contributed by atoms with Crippen LogP contribution in [0.25, 0.3) is 0 Å². The van der Waals surface area contributed by atoms with Gasteiger partial charge in [0.15, 0.2) is 0 Å². The van der Waals surface area contributed by atoms with Crippen molar-refractivity contribution in [1.82, 2.24) is 66.3 Å². The number of thiazole rings is 1. The summed E-state index contributed by atoms with van der Waals surface area (Å²) >= 11 is 1.56. The van der Waals surface area contributed by atoms with Gasteiger partial charge in [0, 0.05) is 143 Å². The van der Waals surface area contributed by atoms with Crippen molar-refractivity contribution in [1.29, 1.82) is 0 Å². The first kappa shape index (κ1) is 120. The highest BCUT2D eigenvalue weighted by atomic mass is 32.1. The Hall–Kier alpha value is -12.0. The minimum absolute atomic E-state index is 0.0359. The Morgan fingerprint density at radius 2 is 0.817 bits per heavy atom. The number of para-hydroxylation sites is 1. The van der Waals surface area contributed by atoms with Gasteiger partial charge in [-0.05, 0) is 227 Å². The van der Waals surface area contributed by atoms with Gasteiger partial charge >= 0.3 is 0 Å². The van der Waals surface area contributed by atoms with E-state index in [-0.39, 0.29) is 85.2 Å². The maximum atomic E-state index is 12.9. The van der Waals surface area contributed by atoms with Gasteiger partial charge in [0.25, 0.3) is 17.7 Å². The molecule has 1 fully saturated rings. The number of benzene rings is 5. The molecule has 770 valence electrons. The maximum absolute atomic E-state index is 12.9. The van der Waals surface area contributed by atoms with Crippen LogP contribution in [0.3, 0.4) is 0 Å². The Morgan fingerprint density at radius 3 is 1.23 bits per heavy atom. The maximum Gasteiger partial charge on any atom is 0.258 e. The van der Waals surface area contributed by atoms with Gasteiger partial charge < -0.3 is 41.3 Å². The molecule has 7 heterocycles. The molecule has 0 unspecified atom stereocenters. The van der Waals surface area contributed by atoms with Gasteiger partial charge in [0.2, 0.25) is 29.5 Å². The molecule has 5 N–H and O–H groups in total. The number of amides is 8. The first-order valence-electron chi connectivity index (χ1n) is 50.8. The van der Waals surface area contributed by atoms with E-state index in [0.29, 0.717) is 64.8 Å². The van der Waals surface area contributed by atoms with E-state index in [9.17, 15) is 38.4 Å². The lowest BCUT2D eigenvalue weighted by Crippen LogP contribution is -2.29.